The fourth-order valence-corrected chi connectivity index (χ4v) is 1.83. The molecule has 1 unspecified atom stereocenters. The highest BCUT2D eigenvalue weighted by Crippen LogP contribution is 2.34. The van der Waals surface area contributed by atoms with E-state index in [0.29, 0.717) is 0 Å². The number of thiazole rings is 1. The van der Waals surface area contributed by atoms with Gasteiger partial charge in [0.1, 0.15) is 6.61 Å². The van der Waals surface area contributed by atoms with Gasteiger partial charge in [0.15, 0.2) is 5.01 Å². The van der Waals surface area contributed by atoms with Crippen LogP contribution in [0.3, 0.4) is 0 Å². The SMILES string of the molecule is NC(COCC(F)(F)C(F)F)c1cnc(C(F)(F)F)s1. The highest BCUT2D eigenvalue weighted by Gasteiger charge is 2.41. The third-order valence-electron chi connectivity index (χ3n) is 2.04. The van der Waals surface area contributed by atoms with Gasteiger partial charge in [0.25, 0.3) is 0 Å². The Labute approximate surface area is 112 Å². The first-order valence-electron chi connectivity index (χ1n) is 5.06. The van der Waals surface area contributed by atoms with Crippen molar-refractivity contribution >= 4 is 11.3 Å². The zero-order valence-electron chi connectivity index (χ0n) is 9.63. The number of halogens is 7. The third kappa shape index (κ3) is 4.56. The molecule has 2 N–H and O–H groups in total. The Kier molecular flexibility index (Phi) is 5.33. The lowest BCUT2D eigenvalue weighted by Gasteiger charge is -2.16. The Hall–Kier alpha value is -0.940. The number of nitrogens with zero attached hydrogens (tertiary/aromatic N) is 1. The molecule has 11 heteroatoms. The number of alkyl halides is 7. The molecule has 3 nitrogen and oxygen atoms in total. The lowest BCUT2D eigenvalue weighted by Crippen LogP contribution is -2.33. The first-order chi connectivity index (χ1) is 9.04. The molecule has 0 saturated heterocycles. The van der Waals surface area contributed by atoms with E-state index >= 15 is 0 Å². The van der Waals surface area contributed by atoms with Crippen LogP contribution in [0.4, 0.5) is 30.7 Å². The Morgan fingerprint density at radius 2 is 1.85 bits per heavy atom. The molecular formula is C9H9F7N2OS. The second-order valence-electron chi connectivity index (χ2n) is 3.75. The zero-order valence-corrected chi connectivity index (χ0v) is 10.4. The van der Waals surface area contributed by atoms with E-state index < -0.39 is 42.8 Å². The average molecular weight is 326 g/mol. The highest BCUT2D eigenvalue weighted by molar-refractivity contribution is 7.11. The first kappa shape index (κ1) is 17.1. The van der Waals surface area contributed by atoms with E-state index in [0.717, 1.165) is 6.20 Å². The smallest absolute Gasteiger partial charge is 0.373 e. The predicted octanol–water partition coefficient (Wildman–Crippen LogP) is 3.08. The molecule has 0 bridgehead atoms. The topological polar surface area (TPSA) is 48.1 Å². The maximum Gasteiger partial charge on any atom is 0.443 e. The summed E-state index contributed by atoms with van der Waals surface area (Å²) in [4.78, 5) is 3.04. The summed E-state index contributed by atoms with van der Waals surface area (Å²) in [5.74, 6) is -4.33. The number of rotatable bonds is 6. The van der Waals surface area contributed by atoms with Gasteiger partial charge in [0, 0.05) is 11.1 Å². The van der Waals surface area contributed by atoms with Gasteiger partial charge in [-0.25, -0.2) is 13.8 Å². The second kappa shape index (κ2) is 6.22. The van der Waals surface area contributed by atoms with Crippen LogP contribution in [0.15, 0.2) is 6.20 Å². The molecule has 0 radical (unpaired) electrons. The number of aromatic nitrogens is 1. The number of ether oxygens (including phenoxy) is 1. The van der Waals surface area contributed by atoms with Crippen LogP contribution < -0.4 is 5.73 Å². The molecule has 1 heterocycles. The molecule has 0 fully saturated rings. The van der Waals surface area contributed by atoms with Gasteiger partial charge in [-0.05, 0) is 0 Å². The Bertz CT molecular complexity index is 434. The van der Waals surface area contributed by atoms with Gasteiger partial charge in [-0.15, -0.1) is 11.3 Å². The molecule has 1 atom stereocenters. The molecule has 116 valence electrons. The van der Waals surface area contributed by atoms with Gasteiger partial charge in [-0.2, -0.15) is 22.0 Å². The van der Waals surface area contributed by atoms with Gasteiger partial charge in [0.2, 0.25) is 0 Å². The molecule has 1 rings (SSSR count). The lowest BCUT2D eigenvalue weighted by molar-refractivity contribution is -0.166. The maximum absolute atomic E-state index is 12.5. The van der Waals surface area contributed by atoms with Crippen LogP contribution in [0.1, 0.15) is 15.9 Å². The number of nitrogens with two attached hydrogens (primary N) is 1. The van der Waals surface area contributed by atoms with E-state index in [1.807, 2.05) is 0 Å². The van der Waals surface area contributed by atoms with E-state index in [9.17, 15) is 30.7 Å². The minimum Gasteiger partial charge on any atom is -0.373 e. The van der Waals surface area contributed by atoms with E-state index in [1.165, 1.54) is 0 Å². The van der Waals surface area contributed by atoms with Crippen LogP contribution in [-0.4, -0.2) is 30.5 Å². The summed E-state index contributed by atoms with van der Waals surface area (Å²) in [6.07, 6.45) is -7.68. The molecule has 0 aliphatic heterocycles. The van der Waals surface area contributed by atoms with Crippen molar-refractivity contribution in [3.63, 3.8) is 0 Å². The summed E-state index contributed by atoms with van der Waals surface area (Å²) < 4.78 is 89.6. The summed E-state index contributed by atoms with van der Waals surface area (Å²) in [5, 5.41) is -1.14. The molecular weight excluding hydrogens is 317 g/mol. The lowest BCUT2D eigenvalue weighted by atomic mass is 10.3. The largest absolute Gasteiger partial charge is 0.443 e. The van der Waals surface area contributed by atoms with Crippen LogP contribution >= 0.6 is 11.3 Å². The Morgan fingerprint density at radius 1 is 1.25 bits per heavy atom. The van der Waals surface area contributed by atoms with Crippen LogP contribution in [0.2, 0.25) is 0 Å². The zero-order chi connectivity index (χ0) is 15.6. The van der Waals surface area contributed by atoms with Gasteiger partial charge in [-0.1, -0.05) is 0 Å². The van der Waals surface area contributed by atoms with Gasteiger partial charge >= 0.3 is 18.5 Å². The molecule has 1 aromatic heterocycles. The Balaban J connectivity index is 2.52. The van der Waals surface area contributed by atoms with E-state index in [4.69, 9.17) is 5.73 Å². The van der Waals surface area contributed by atoms with Crippen molar-refractivity contribution in [1.29, 1.82) is 0 Å². The van der Waals surface area contributed by atoms with Crippen LogP contribution in [0, 0.1) is 0 Å². The third-order valence-corrected chi connectivity index (χ3v) is 3.22. The molecule has 20 heavy (non-hydrogen) atoms. The van der Waals surface area contributed by atoms with Crippen molar-refractivity contribution in [3.05, 3.63) is 16.1 Å². The summed E-state index contributed by atoms with van der Waals surface area (Å²) in [6, 6.07) is -1.16. The quantitative estimate of drug-likeness (QED) is 0.817. The molecule has 0 spiro atoms. The highest BCUT2D eigenvalue weighted by atomic mass is 32.1. The minimum atomic E-state index is -4.63. The van der Waals surface area contributed by atoms with Crippen molar-refractivity contribution in [2.24, 2.45) is 5.73 Å². The minimum absolute atomic E-state index is 0.0438. The Morgan fingerprint density at radius 3 is 2.30 bits per heavy atom. The molecule has 0 aliphatic carbocycles. The summed E-state index contributed by atoms with van der Waals surface area (Å²) >= 11 is 0.235. The maximum atomic E-state index is 12.5. The van der Waals surface area contributed by atoms with Crippen LogP contribution in [0.5, 0.6) is 0 Å². The summed E-state index contributed by atoms with van der Waals surface area (Å²) in [7, 11) is 0. The van der Waals surface area contributed by atoms with Gasteiger partial charge in [-0.3, -0.25) is 0 Å². The molecule has 0 amide bonds. The normalized spacial score (nSPS) is 14.8. The standard InChI is InChI=1S/C9H9F7N2OS/c10-6(11)8(12,13)3-19-2-4(17)5-1-18-7(20-5)9(14,15)16/h1,4,6H,2-3,17H2. The summed E-state index contributed by atoms with van der Waals surface area (Å²) in [6.45, 7) is -2.19. The molecule has 0 aromatic carbocycles. The molecule has 0 saturated carbocycles. The monoisotopic (exact) mass is 326 g/mol. The average Bonchev–Trinajstić information content (AvgIpc) is 2.77. The molecule has 0 aliphatic rings. The van der Waals surface area contributed by atoms with E-state index in [-0.39, 0.29) is 16.2 Å². The fourth-order valence-electron chi connectivity index (χ4n) is 1.06. The number of hydrogen-bond donors (Lipinski definition) is 1. The van der Waals surface area contributed by atoms with Crippen LogP contribution in [-0.2, 0) is 10.9 Å². The predicted molar refractivity (Wildman–Crippen MR) is 55.8 cm³/mol. The van der Waals surface area contributed by atoms with Crippen molar-refractivity contribution < 1.29 is 35.5 Å². The van der Waals surface area contributed by atoms with E-state index in [2.05, 4.69) is 9.72 Å². The van der Waals surface area contributed by atoms with Crippen molar-refractivity contribution in [3.8, 4) is 0 Å². The van der Waals surface area contributed by atoms with Crippen molar-refractivity contribution in [1.82, 2.24) is 4.98 Å². The van der Waals surface area contributed by atoms with Crippen molar-refractivity contribution in [2.75, 3.05) is 13.2 Å². The number of hydrogen-bond acceptors (Lipinski definition) is 4. The first-order valence-corrected chi connectivity index (χ1v) is 5.88. The van der Waals surface area contributed by atoms with Gasteiger partial charge in [0.05, 0.1) is 12.6 Å². The van der Waals surface area contributed by atoms with Crippen LogP contribution in [0.25, 0.3) is 0 Å². The summed E-state index contributed by atoms with van der Waals surface area (Å²) in [5.41, 5.74) is 5.40. The molecule has 1 aromatic rings. The second-order valence-corrected chi connectivity index (χ2v) is 4.81. The van der Waals surface area contributed by atoms with E-state index in [1.54, 1.807) is 0 Å². The van der Waals surface area contributed by atoms with Gasteiger partial charge < -0.3 is 10.5 Å². The van der Waals surface area contributed by atoms with Crippen molar-refractivity contribution in [2.45, 2.75) is 24.6 Å². The fraction of sp³-hybridized carbons (Fsp3) is 0.667.